The van der Waals surface area contributed by atoms with Crippen LogP contribution in [0.2, 0.25) is 0 Å². The number of nitrogens with zero attached hydrogens (tertiary/aromatic N) is 1. The second-order valence-electron chi connectivity index (χ2n) is 4.10. The maximum absolute atomic E-state index is 11.8. The van der Waals surface area contributed by atoms with Gasteiger partial charge in [-0.1, -0.05) is 25.1 Å². The van der Waals surface area contributed by atoms with E-state index in [1.807, 2.05) is 25.1 Å². The van der Waals surface area contributed by atoms with Gasteiger partial charge in [0.1, 0.15) is 0 Å². The van der Waals surface area contributed by atoms with Crippen molar-refractivity contribution < 1.29 is 9.53 Å². The molecule has 1 aliphatic heterocycles. The SMILES string of the molecule is CCOC(=O)N1CCC(C)c2ccccc21. The van der Waals surface area contributed by atoms with E-state index in [1.165, 1.54) is 5.56 Å². The molecule has 1 atom stereocenters. The first-order valence-electron chi connectivity index (χ1n) is 5.77. The highest BCUT2D eigenvalue weighted by Crippen LogP contribution is 2.34. The monoisotopic (exact) mass is 219 g/mol. The summed E-state index contributed by atoms with van der Waals surface area (Å²) in [5, 5.41) is 0. The third-order valence-corrected chi connectivity index (χ3v) is 3.03. The van der Waals surface area contributed by atoms with Gasteiger partial charge < -0.3 is 4.74 Å². The van der Waals surface area contributed by atoms with Gasteiger partial charge in [0.25, 0.3) is 0 Å². The number of benzene rings is 1. The van der Waals surface area contributed by atoms with Crippen molar-refractivity contribution in [1.29, 1.82) is 0 Å². The first-order chi connectivity index (χ1) is 7.74. The number of amides is 1. The maximum Gasteiger partial charge on any atom is 0.414 e. The van der Waals surface area contributed by atoms with Crippen molar-refractivity contribution in [2.45, 2.75) is 26.2 Å². The van der Waals surface area contributed by atoms with Gasteiger partial charge in [-0.25, -0.2) is 4.79 Å². The largest absolute Gasteiger partial charge is 0.449 e. The summed E-state index contributed by atoms with van der Waals surface area (Å²) < 4.78 is 5.06. The van der Waals surface area contributed by atoms with E-state index >= 15 is 0 Å². The van der Waals surface area contributed by atoms with E-state index in [-0.39, 0.29) is 6.09 Å². The van der Waals surface area contributed by atoms with Crippen LogP contribution in [0.1, 0.15) is 31.7 Å². The number of carbonyl (C=O) groups excluding carboxylic acids is 1. The van der Waals surface area contributed by atoms with E-state index in [9.17, 15) is 4.79 Å². The van der Waals surface area contributed by atoms with Gasteiger partial charge in [-0.15, -0.1) is 0 Å². The van der Waals surface area contributed by atoms with Gasteiger partial charge in [0.2, 0.25) is 0 Å². The fourth-order valence-corrected chi connectivity index (χ4v) is 2.14. The van der Waals surface area contributed by atoms with Crippen molar-refractivity contribution in [3.63, 3.8) is 0 Å². The third-order valence-electron chi connectivity index (χ3n) is 3.03. The Hall–Kier alpha value is -1.51. The first-order valence-corrected chi connectivity index (χ1v) is 5.77. The highest BCUT2D eigenvalue weighted by molar-refractivity contribution is 5.89. The number of ether oxygens (including phenoxy) is 1. The number of anilines is 1. The molecule has 0 N–H and O–H groups in total. The van der Waals surface area contributed by atoms with Crippen LogP contribution in [-0.2, 0) is 4.74 Å². The molecule has 1 amide bonds. The lowest BCUT2D eigenvalue weighted by atomic mass is 9.92. The molecule has 1 aliphatic rings. The third kappa shape index (κ3) is 1.90. The zero-order chi connectivity index (χ0) is 11.5. The van der Waals surface area contributed by atoms with Crippen LogP contribution in [0.5, 0.6) is 0 Å². The lowest BCUT2D eigenvalue weighted by Crippen LogP contribution is -2.36. The van der Waals surface area contributed by atoms with Crippen molar-refractivity contribution in [3.05, 3.63) is 29.8 Å². The second kappa shape index (κ2) is 4.56. The van der Waals surface area contributed by atoms with Gasteiger partial charge in [0.15, 0.2) is 0 Å². The standard InChI is InChI=1S/C13H17NO2/c1-3-16-13(15)14-9-8-10(2)11-6-4-5-7-12(11)14/h4-7,10H,3,8-9H2,1-2H3. The minimum absolute atomic E-state index is 0.234. The van der Waals surface area contributed by atoms with Crippen LogP contribution in [0.25, 0.3) is 0 Å². The molecule has 1 heterocycles. The van der Waals surface area contributed by atoms with Crippen LogP contribution >= 0.6 is 0 Å². The molecule has 1 aromatic carbocycles. The molecule has 1 aromatic rings. The van der Waals surface area contributed by atoms with Gasteiger partial charge in [-0.05, 0) is 30.9 Å². The lowest BCUT2D eigenvalue weighted by molar-refractivity contribution is 0.159. The van der Waals surface area contributed by atoms with Crippen LogP contribution in [-0.4, -0.2) is 19.2 Å². The maximum atomic E-state index is 11.8. The summed E-state index contributed by atoms with van der Waals surface area (Å²) in [5.74, 6) is 0.516. The summed E-state index contributed by atoms with van der Waals surface area (Å²) in [6, 6.07) is 8.06. The molecule has 16 heavy (non-hydrogen) atoms. The fourth-order valence-electron chi connectivity index (χ4n) is 2.14. The summed E-state index contributed by atoms with van der Waals surface area (Å²) in [6.45, 7) is 5.20. The summed E-state index contributed by atoms with van der Waals surface area (Å²) in [7, 11) is 0. The summed E-state index contributed by atoms with van der Waals surface area (Å²) in [6.07, 6.45) is 0.761. The molecule has 0 spiro atoms. The molecule has 2 rings (SSSR count). The molecule has 0 radical (unpaired) electrons. The predicted octanol–water partition coefficient (Wildman–Crippen LogP) is 3.16. The van der Waals surface area contributed by atoms with Crippen molar-refractivity contribution in [3.8, 4) is 0 Å². The van der Waals surface area contributed by atoms with Crippen molar-refractivity contribution in [2.24, 2.45) is 0 Å². The van der Waals surface area contributed by atoms with Crippen LogP contribution in [0.15, 0.2) is 24.3 Å². The van der Waals surface area contributed by atoms with Crippen LogP contribution in [0.4, 0.5) is 10.5 Å². The van der Waals surface area contributed by atoms with Crippen LogP contribution in [0, 0.1) is 0 Å². The Balaban J connectivity index is 2.31. The molecule has 0 fully saturated rings. The van der Waals surface area contributed by atoms with Gasteiger partial charge in [-0.3, -0.25) is 4.90 Å². The molecule has 0 bridgehead atoms. The highest BCUT2D eigenvalue weighted by atomic mass is 16.6. The van der Waals surface area contributed by atoms with E-state index in [0.717, 1.165) is 18.7 Å². The molecule has 0 aliphatic carbocycles. The van der Waals surface area contributed by atoms with Gasteiger partial charge in [-0.2, -0.15) is 0 Å². The van der Waals surface area contributed by atoms with E-state index in [1.54, 1.807) is 4.90 Å². The van der Waals surface area contributed by atoms with Crippen molar-refractivity contribution in [2.75, 3.05) is 18.1 Å². The zero-order valence-electron chi connectivity index (χ0n) is 9.77. The fraction of sp³-hybridized carbons (Fsp3) is 0.462. The number of fused-ring (bicyclic) bond motifs is 1. The van der Waals surface area contributed by atoms with Crippen LogP contribution < -0.4 is 4.90 Å². The predicted molar refractivity (Wildman–Crippen MR) is 63.8 cm³/mol. The number of rotatable bonds is 1. The quantitative estimate of drug-likeness (QED) is 0.726. The Labute approximate surface area is 96.0 Å². The smallest absolute Gasteiger partial charge is 0.414 e. The molecule has 0 saturated heterocycles. The van der Waals surface area contributed by atoms with E-state index < -0.39 is 0 Å². The Morgan fingerprint density at radius 2 is 2.25 bits per heavy atom. The topological polar surface area (TPSA) is 29.5 Å². The Kier molecular flexibility index (Phi) is 3.13. The Bertz CT molecular complexity index is 389. The normalized spacial score (nSPS) is 19.1. The number of carbonyl (C=O) groups is 1. The van der Waals surface area contributed by atoms with Crippen molar-refractivity contribution in [1.82, 2.24) is 0 Å². The van der Waals surface area contributed by atoms with Gasteiger partial charge in [0.05, 0.1) is 12.3 Å². The molecule has 0 saturated carbocycles. The first kappa shape index (κ1) is 11.0. The summed E-state index contributed by atoms with van der Waals surface area (Å²) in [5.41, 5.74) is 2.24. The van der Waals surface area contributed by atoms with Crippen molar-refractivity contribution >= 4 is 11.8 Å². The lowest BCUT2D eigenvalue weighted by Gasteiger charge is -2.31. The molecule has 1 unspecified atom stereocenters. The Morgan fingerprint density at radius 1 is 1.50 bits per heavy atom. The number of hydrogen-bond donors (Lipinski definition) is 0. The average Bonchev–Trinajstić information content (AvgIpc) is 2.30. The molecule has 3 nitrogen and oxygen atoms in total. The van der Waals surface area contributed by atoms with Gasteiger partial charge in [0, 0.05) is 6.54 Å². The molecule has 0 aromatic heterocycles. The summed E-state index contributed by atoms with van der Waals surface area (Å²) in [4.78, 5) is 13.5. The minimum atomic E-state index is -0.234. The van der Waals surface area contributed by atoms with E-state index in [4.69, 9.17) is 4.74 Å². The van der Waals surface area contributed by atoms with Gasteiger partial charge >= 0.3 is 6.09 Å². The highest BCUT2D eigenvalue weighted by Gasteiger charge is 2.26. The Morgan fingerprint density at radius 3 is 3.00 bits per heavy atom. The molecular formula is C13H17NO2. The minimum Gasteiger partial charge on any atom is -0.449 e. The molecule has 86 valence electrons. The summed E-state index contributed by atoms with van der Waals surface area (Å²) >= 11 is 0. The zero-order valence-corrected chi connectivity index (χ0v) is 9.77. The number of para-hydroxylation sites is 1. The second-order valence-corrected chi connectivity index (χ2v) is 4.10. The number of hydrogen-bond acceptors (Lipinski definition) is 2. The van der Waals surface area contributed by atoms with E-state index in [0.29, 0.717) is 12.5 Å². The molecular weight excluding hydrogens is 202 g/mol. The van der Waals surface area contributed by atoms with Crippen LogP contribution in [0.3, 0.4) is 0 Å². The van der Waals surface area contributed by atoms with E-state index in [2.05, 4.69) is 13.0 Å². The average molecular weight is 219 g/mol. The molecule has 3 heteroatoms.